The molecule has 0 radical (unpaired) electrons. The maximum Gasteiger partial charge on any atom is 0.235 e. The molecule has 5 nitrogen and oxygen atoms in total. The third kappa shape index (κ3) is 2.83. The summed E-state index contributed by atoms with van der Waals surface area (Å²) in [6, 6.07) is 9.99. The van der Waals surface area contributed by atoms with Crippen molar-refractivity contribution in [3.63, 3.8) is 0 Å². The standard InChI is InChI=1S/C12H17N5S/c1-16(2)12-13-11(10-8-6-5-7-9-10)14-18(15-12)17(3)4/h5-9H,1-4H3/t18-/m0/s1. The van der Waals surface area contributed by atoms with Crippen molar-refractivity contribution in [1.29, 1.82) is 0 Å². The van der Waals surface area contributed by atoms with E-state index in [9.17, 15) is 0 Å². The smallest absolute Gasteiger partial charge is 0.235 e. The van der Waals surface area contributed by atoms with Crippen LogP contribution in [0.15, 0.2) is 44.1 Å². The van der Waals surface area contributed by atoms with Crippen molar-refractivity contribution in [2.24, 2.45) is 13.8 Å². The maximum atomic E-state index is 4.57. The third-order valence-corrected chi connectivity index (χ3v) is 3.61. The van der Waals surface area contributed by atoms with E-state index in [0.717, 1.165) is 11.4 Å². The van der Waals surface area contributed by atoms with Gasteiger partial charge in [0.2, 0.25) is 5.96 Å². The minimum absolute atomic E-state index is 0.504. The van der Waals surface area contributed by atoms with Crippen molar-refractivity contribution in [1.82, 2.24) is 9.21 Å². The Morgan fingerprint density at radius 3 is 2.22 bits per heavy atom. The number of hydrogen-bond donors (Lipinski definition) is 0. The van der Waals surface area contributed by atoms with E-state index in [2.05, 4.69) is 13.8 Å². The molecule has 0 fully saturated rings. The maximum absolute atomic E-state index is 4.57. The molecule has 6 heteroatoms. The molecule has 0 aliphatic carbocycles. The summed E-state index contributed by atoms with van der Waals surface area (Å²) in [5.41, 5.74) is 1.02. The molecular weight excluding hydrogens is 246 g/mol. The van der Waals surface area contributed by atoms with Crippen LogP contribution in [0.1, 0.15) is 5.56 Å². The topological polar surface area (TPSA) is 43.6 Å². The van der Waals surface area contributed by atoms with Crippen LogP contribution in [0.25, 0.3) is 0 Å². The molecule has 0 spiro atoms. The molecule has 18 heavy (non-hydrogen) atoms. The van der Waals surface area contributed by atoms with Crippen molar-refractivity contribution >= 4 is 22.9 Å². The van der Waals surface area contributed by atoms with Gasteiger partial charge in [-0.1, -0.05) is 30.3 Å². The van der Waals surface area contributed by atoms with Gasteiger partial charge in [-0.05, 0) is 14.1 Å². The van der Waals surface area contributed by atoms with E-state index in [0.29, 0.717) is 5.96 Å². The first kappa shape index (κ1) is 12.9. The third-order valence-electron chi connectivity index (χ3n) is 2.30. The largest absolute Gasteiger partial charge is 0.346 e. The molecule has 0 aromatic heterocycles. The predicted molar refractivity (Wildman–Crippen MR) is 77.6 cm³/mol. The van der Waals surface area contributed by atoms with Crippen LogP contribution in [0.3, 0.4) is 0 Å². The number of rotatable bonds is 2. The van der Waals surface area contributed by atoms with Gasteiger partial charge >= 0.3 is 0 Å². The molecule has 1 heterocycles. The van der Waals surface area contributed by atoms with Gasteiger partial charge in [-0.15, -0.1) is 0 Å². The molecule has 0 saturated carbocycles. The van der Waals surface area contributed by atoms with Crippen molar-refractivity contribution in [3.05, 3.63) is 35.9 Å². The summed E-state index contributed by atoms with van der Waals surface area (Å²) in [6.07, 6.45) is 0. The Balaban J connectivity index is 2.45. The quantitative estimate of drug-likeness (QED) is 0.812. The molecular formula is C12H17N5S. The lowest BCUT2D eigenvalue weighted by molar-refractivity contribution is 0.614. The zero-order chi connectivity index (χ0) is 13.1. The molecule has 0 amide bonds. The Morgan fingerprint density at radius 2 is 1.67 bits per heavy atom. The first-order valence-corrected chi connectivity index (χ1v) is 6.71. The number of benzene rings is 1. The van der Waals surface area contributed by atoms with Crippen LogP contribution < -0.4 is 0 Å². The minimum atomic E-state index is -0.504. The van der Waals surface area contributed by atoms with Gasteiger partial charge in [0.05, 0.1) is 0 Å². The SMILES string of the molecule is CN(C)C1=NC(c2ccccc2)=N[S@](N(C)C)=N1. The number of amidine groups is 1. The zero-order valence-electron chi connectivity index (χ0n) is 11.0. The second-order valence-electron chi connectivity index (χ2n) is 4.24. The minimum Gasteiger partial charge on any atom is -0.346 e. The summed E-state index contributed by atoms with van der Waals surface area (Å²) in [7, 11) is 7.82. The first-order chi connectivity index (χ1) is 8.58. The van der Waals surface area contributed by atoms with E-state index in [1.54, 1.807) is 0 Å². The fourth-order valence-corrected chi connectivity index (χ4v) is 2.37. The van der Waals surface area contributed by atoms with Crippen LogP contribution >= 0.6 is 0 Å². The lowest BCUT2D eigenvalue weighted by Crippen LogP contribution is -2.27. The lowest BCUT2D eigenvalue weighted by atomic mass is 10.2. The van der Waals surface area contributed by atoms with Crippen molar-refractivity contribution in [3.8, 4) is 0 Å². The molecule has 2 rings (SSSR count). The lowest BCUT2D eigenvalue weighted by Gasteiger charge is -2.19. The number of guanidine groups is 1. The summed E-state index contributed by atoms with van der Waals surface area (Å²) in [6.45, 7) is 0. The molecule has 0 N–H and O–H groups in total. The van der Waals surface area contributed by atoms with Gasteiger partial charge < -0.3 is 4.90 Å². The molecule has 1 aromatic carbocycles. The Bertz CT molecular complexity index is 508. The average molecular weight is 263 g/mol. The highest BCUT2D eigenvalue weighted by Crippen LogP contribution is 2.11. The van der Waals surface area contributed by atoms with Gasteiger partial charge in [-0.25, -0.2) is 4.31 Å². The summed E-state index contributed by atoms with van der Waals surface area (Å²) in [5, 5.41) is 0. The van der Waals surface area contributed by atoms with Crippen molar-refractivity contribution in [2.45, 2.75) is 0 Å². The highest BCUT2D eigenvalue weighted by atomic mass is 32.2. The Morgan fingerprint density at radius 1 is 1.00 bits per heavy atom. The highest BCUT2D eigenvalue weighted by Gasteiger charge is 2.14. The van der Waals surface area contributed by atoms with Crippen LogP contribution in [0, 0.1) is 0 Å². The normalized spacial score (nSPS) is 19.1. The van der Waals surface area contributed by atoms with E-state index in [1.165, 1.54) is 0 Å². The monoisotopic (exact) mass is 263 g/mol. The van der Waals surface area contributed by atoms with E-state index in [4.69, 9.17) is 0 Å². The van der Waals surface area contributed by atoms with Crippen LogP contribution in [-0.2, 0) is 11.1 Å². The number of nitrogens with zero attached hydrogens (tertiary/aromatic N) is 5. The van der Waals surface area contributed by atoms with E-state index < -0.39 is 11.1 Å². The van der Waals surface area contributed by atoms with E-state index in [1.807, 2.05) is 67.7 Å². The summed E-state index contributed by atoms with van der Waals surface area (Å²) in [5.74, 6) is 1.45. The fraction of sp³-hybridized carbons (Fsp3) is 0.333. The Kier molecular flexibility index (Phi) is 3.88. The molecule has 1 aliphatic rings. The van der Waals surface area contributed by atoms with Gasteiger partial charge in [0.15, 0.2) is 5.84 Å². The van der Waals surface area contributed by atoms with Crippen molar-refractivity contribution in [2.75, 3.05) is 28.2 Å². The molecule has 1 atom stereocenters. The molecule has 1 aliphatic heterocycles. The van der Waals surface area contributed by atoms with Gasteiger partial charge in [0.1, 0.15) is 11.1 Å². The second kappa shape index (κ2) is 5.41. The first-order valence-electron chi connectivity index (χ1n) is 5.62. The summed E-state index contributed by atoms with van der Waals surface area (Å²) >= 11 is -0.504. The van der Waals surface area contributed by atoms with E-state index in [-0.39, 0.29) is 0 Å². The molecule has 0 unspecified atom stereocenters. The molecule has 0 saturated heterocycles. The highest BCUT2D eigenvalue weighted by molar-refractivity contribution is 7.84. The summed E-state index contributed by atoms with van der Waals surface area (Å²) in [4.78, 5) is 6.39. The van der Waals surface area contributed by atoms with Gasteiger partial charge in [0.25, 0.3) is 0 Å². The van der Waals surface area contributed by atoms with Crippen LogP contribution in [0.2, 0.25) is 0 Å². The van der Waals surface area contributed by atoms with Crippen LogP contribution in [0.5, 0.6) is 0 Å². The molecule has 96 valence electrons. The second-order valence-corrected chi connectivity index (χ2v) is 5.82. The van der Waals surface area contributed by atoms with Crippen LogP contribution in [-0.4, -0.2) is 49.2 Å². The average Bonchev–Trinajstić information content (AvgIpc) is 2.39. The molecule has 0 bridgehead atoms. The fourth-order valence-electron chi connectivity index (χ4n) is 1.36. The van der Waals surface area contributed by atoms with Gasteiger partial charge in [-0.3, -0.25) is 0 Å². The van der Waals surface area contributed by atoms with Gasteiger partial charge in [-0.2, -0.15) is 13.8 Å². The van der Waals surface area contributed by atoms with Crippen molar-refractivity contribution < 1.29 is 0 Å². The van der Waals surface area contributed by atoms with Crippen LogP contribution in [0.4, 0.5) is 0 Å². The zero-order valence-corrected chi connectivity index (χ0v) is 11.8. The van der Waals surface area contributed by atoms with Gasteiger partial charge in [0, 0.05) is 19.7 Å². The predicted octanol–water partition coefficient (Wildman–Crippen LogP) is 1.56. The molecule has 1 aromatic rings. The number of hydrogen-bond acceptors (Lipinski definition) is 5. The Labute approximate surface area is 110 Å². The number of aliphatic imine (C=N–C) groups is 1. The van der Waals surface area contributed by atoms with E-state index >= 15 is 0 Å². The Hall–Kier alpha value is -1.53. The summed E-state index contributed by atoms with van der Waals surface area (Å²) < 4.78 is 11.1.